The average Bonchev–Trinajstić information content (AvgIpc) is 3.11. The van der Waals surface area contributed by atoms with E-state index >= 15 is 0 Å². The summed E-state index contributed by atoms with van der Waals surface area (Å²) in [4.78, 5) is 28.7. The van der Waals surface area contributed by atoms with Crippen LogP contribution in [0.5, 0.6) is 5.75 Å². The molecule has 0 radical (unpaired) electrons. The van der Waals surface area contributed by atoms with Crippen LogP contribution in [0.1, 0.15) is 33.3 Å². The summed E-state index contributed by atoms with van der Waals surface area (Å²) in [5.41, 5.74) is 3.35. The minimum Gasteiger partial charge on any atom is -0.494 e. The lowest BCUT2D eigenvalue weighted by atomic mass is 9.92. The molecule has 4 rings (SSSR count). The standard InChI is InChI=1S/C23H19NO3S/c1-3-27-17-10-8-16(9-11-17)24-22(25)19-7-5-4-6-18(19)20(23(24)26)14-21-15(2)12-13-28-21/h4-14H,3H2,1-2H3. The predicted octanol–water partition coefficient (Wildman–Crippen LogP) is 5.18. The van der Waals surface area contributed by atoms with Gasteiger partial charge >= 0.3 is 0 Å². The first-order valence-electron chi connectivity index (χ1n) is 9.07. The largest absolute Gasteiger partial charge is 0.494 e. The lowest BCUT2D eigenvalue weighted by molar-refractivity contribution is -0.112. The third kappa shape index (κ3) is 3.14. The van der Waals surface area contributed by atoms with E-state index < -0.39 is 0 Å². The number of benzene rings is 2. The topological polar surface area (TPSA) is 46.6 Å². The van der Waals surface area contributed by atoms with E-state index in [1.54, 1.807) is 41.7 Å². The Kier molecular flexibility index (Phi) is 4.84. The molecule has 0 fully saturated rings. The molecule has 3 aromatic rings. The van der Waals surface area contributed by atoms with Crippen molar-refractivity contribution >= 4 is 40.5 Å². The second-order valence-electron chi connectivity index (χ2n) is 6.44. The van der Waals surface area contributed by atoms with Gasteiger partial charge in [-0.2, -0.15) is 0 Å². The van der Waals surface area contributed by atoms with Gasteiger partial charge in [0, 0.05) is 21.6 Å². The van der Waals surface area contributed by atoms with Crippen LogP contribution >= 0.6 is 11.3 Å². The molecule has 0 spiro atoms. The number of rotatable bonds is 4. The molecule has 1 aliphatic heterocycles. The van der Waals surface area contributed by atoms with Gasteiger partial charge in [-0.05, 0) is 67.3 Å². The van der Waals surface area contributed by atoms with Crippen LogP contribution in [0.3, 0.4) is 0 Å². The molecule has 0 bridgehead atoms. The van der Waals surface area contributed by atoms with Gasteiger partial charge in [0.15, 0.2) is 0 Å². The number of ether oxygens (including phenoxy) is 1. The zero-order valence-electron chi connectivity index (χ0n) is 15.6. The zero-order chi connectivity index (χ0) is 19.7. The van der Waals surface area contributed by atoms with Gasteiger partial charge in [0.05, 0.1) is 12.3 Å². The monoisotopic (exact) mass is 389 g/mol. The number of hydrogen-bond acceptors (Lipinski definition) is 4. The lowest BCUT2D eigenvalue weighted by Gasteiger charge is -2.28. The number of hydrogen-bond donors (Lipinski definition) is 0. The Labute approximate surface area is 167 Å². The van der Waals surface area contributed by atoms with Gasteiger partial charge in [0.25, 0.3) is 11.8 Å². The van der Waals surface area contributed by atoms with Gasteiger partial charge in [-0.1, -0.05) is 18.2 Å². The lowest BCUT2D eigenvalue weighted by Crippen LogP contribution is -2.41. The zero-order valence-corrected chi connectivity index (χ0v) is 16.5. The van der Waals surface area contributed by atoms with Gasteiger partial charge in [0.1, 0.15) is 5.75 Å². The van der Waals surface area contributed by atoms with Crippen molar-refractivity contribution in [3.05, 3.63) is 81.5 Å². The van der Waals surface area contributed by atoms with Crippen molar-refractivity contribution in [2.24, 2.45) is 0 Å². The summed E-state index contributed by atoms with van der Waals surface area (Å²) in [7, 11) is 0. The molecule has 1 aliphatic rings. The number of nitrogens with zero attached hydrogens (tertiary/aromatic N) is 1. The molecule has 1 aromatic heterocycles. The smallest absolute Gasteiger partial charge is 0.266 e. The maximum Gasteiger partial charge on any atom is 0.266 e. The Hall–Kier alpha value is -3.18. The fourth-order valence-corrected chi connectivity index (χ4v) is 4.11. The Morgan fingerprint density at radius 2 is 1.68 bits per heavy atom. The van der Waals surface area contributed by atoms with E-state index in [2.05, 4.69) is 0 Å². The van der Waals surface area contributed by atoms with Crippen molar-refractivity contribution in [3.63, 3.8) is 0 Å². The Morgan fingerprint density at radius 3 is 2.32 bits per heavy atom. The minimum absolute atomic E-state index is 0.315. The summed E-state index contributed by atoms with van der Waals surface area (Å²) in [6.45, 7) is 4.48. The van der Waals surface area contributed by atoms with Gasteiger partial charge in [0.2, 0.25) is 0 Å². The first kappa shape index (κ1) is 18.2. The molecule has 4 nitrogen and oxygen atoms in total. The molecule has 140 valence electrons. The van der Waals surface area contributed by atoms with Crippen LogP contribution < -0.4 is 9.64 Å². The van der Waals surface area contributed by atoms with Crippen LogP contribution in [0.4, 0.5) is 5.69 Å². The van der Waals surface area contributed by atoms with Crippen LogP contribution in [-0.2, 0) is 4.79 Å². The summed E-state index contributed by atoms with van der Waals surface area (Å²) >= 11 is 1.58. The third-order valence-corrected chi connectivity index (χ3v) is 5.63. The van der Waals surface area contributed by atoms with Gasteiger partial charge in [-0.25, -0.2) is 4.90 Å². The van der Waals surface area contributed by atoms with Gasteiger partial charge < -0.3 is 4.74 Å². The highest BCUT2D eigenvalue weighted by Gasteiger charge is 2.35. The van der Waals surface area contributed by atoms with Crippen LogP contribution in [-0.4, -0.2) is 18.4 Å². The number of aryl methyl sites for hydroxylation is 1. The van der Waals surface area contributed by atoms with Crippen LogP contribution in [0.15, 0.2) is 60.0 Å². The summed E-state index contributed by atoms with van der Waals surface area (Å²) in [6, 6.07) is 16.3. The normalized spacial score (nSPS) is 15.1. The number of amides is 2. The molecule has 0 unspecified atom stereocenters. The van der Waals surface area contributed by atoms with Crippen LogP contribution in [0.2, 0.25) is 0 Å². The molecule has 2 aromatic carbocycles. The quantitative estimate of drug-likeness (QED) is 0.456. The second kappa shape index (κ2) is 7.44. The molecule has 0 aliphatic carbocycles. The number of carbonyl (C=O) groups is 2. The second-order valence-corrected chi connectivity index (χ2v) is 7.39. The number of carbonyl (C=O) groups excluding carboxylic acids is 2. The van der Waals surface area contributed by atoms with E-state index in [1.807, 2.05) is 49.6 Å². The first-order chi connectivity index (χ1) is 13.6. The molecule has 0 saturated carbocycles. The van der Waals surface area contributed by atoms with Crippen molar-refractivity contribution in [2.45, 2.75) is 13.8 Å². The van der Waals surface area contributed by atoms with Gasteiger partial charge in [-0.15, -0.1) is 11.3 Å². The maximum absolute atomic E-state index is 13.4. The molecule has 0 atom stereocenters. The summed E-state index contributed by atoms with van der Waals surface area (Å²) < 4.78 is 5.46. The number of fused-ring (bicyclic) bond motifs is 1. The number of anilines is 1. The average molecular weight is 389 g/mol. The van der Waals surface area contributed by atoms with Crippen molar-refractivity contribution in [1.82, 2.24) is 0 Å². The first-order valence-corrected chi connectivity index (χ1v) is 9.95. The Balaban J connectivity index is 1.83. The molecule has 0 saturated heterocycles. The van der Waals surface area contributed by atoms with Crippen molar-refractivity contribution in [3.8, 4) is 5.75 Å². The summed E-state index contributed by atoms with van der Waals surface area (Å²) in [5.74, 6) is 0.0685. The molecule has 2 heterocycles. The third-order valence-electron chi connectivity index (χ3n) is 4.67. The molecular formula is C23H19NO3S. The van der Waals surface area contributed by atoms with Crippen molar-refractivity contribution in [2.75, 3.05) is 11.5 Å². The summed E-state index contributed by atoms with van der Waals surface area (Å²) in [5, 5.41) is 2.00. The SMILES string of the molecule is CCOc1ccc(N2C(=O)C(=Cc3sccc3C)c3ccccc3C2=O)cc1. The predicted molar refractivity (Wildman–Crippen MR) is 113 cm³/mol. The minimum atomic E-state index is -0.319. The van der Waals surface area contributed by atoms with E-state index in [-0.39, 0.29) is 11.8 Å². The Bertz CT molecular complexity index is 1080. The molecule has 2 amide bonds. The Morgan fingerprint density at radius 1 is 0.964 bits per heavy atom. The van der Waals surface area contributed by atoms with Crippen molar-refractivity contribution in [1.29, 1.82) is 0 Å². The maximum atomic E-state index is 13.4. The van der Waals surface area contributed by atoms with Crippen LogP contribution in [0.25, 0.3) is 11.6 Å². The highest BCUT2D eigenvalue weighted by atomic mass is 32.1. The summed E-state index contributed by atoms with van der Waals surface area (Å²) in [6.07, 6.45) is 1.88. The number of thiophene rings is 1. The number of imide groups is 1. The van der Waals surface area contributed by atoms with Gasteiger partial charge in [-0.3, -0.25) is 9.59 Å². The molecular weight excluding hydrogens is 370 g/mol. The van der Waals surface area contributed by atoms with Crippen molar-refractivity contribution < 1.29 is 14.3 Å². The fourth-order valence-electron chi connectivity index (χ4n) is 3.25. The van der Waals surface area contributed by atoms with E-state index in [9.17, 15) is 9.59 Å². The highest BCUT2D eigenvalue weighted by molar-refractivity contribution is 7.11. The fraction of sp³-hybridized carbons (Fsp3) is 0.130. The highest BCUT2D eigenvalue weighted by Crippen LogP contribution is 2.35. The molecule has 0 N–H and O–H groups in total. The van der Waals surface area contributed by atoms with E-state index in [0.29, 0.717) is 34.7 Å². The van der Waals surface area contributed by atoms with Crippen LogP contribution in [0, 0.1) is 6.92 Å². The molecule has 28 heavy (non-hydrogen) atoms. The molecule has 5 heteroatoms. The van der Waals surface area contributed by atoms with E-state index in [4.69, 9.17) is 4.74 Å². The van der Waals surface area contributed by atoms with E-state index in [0.717, 1.165) is 10.4 Å². The van der Waals surface area contributed by atoms with E-state index in [1.165, 1.54) is 4.90 Å².